The van der Waals surface area contributed by atoms with E-state index in [1.54, 1.807) is 23.7 Å². The van der Waals surface area contributed by atoms with Gasteiger partial charge in [0.25, 0.3) is 0 Å². The van der Waals surface area contributed by atoms with E-state index in [9.17, 15) is 19.5 Å². The Hall–Kier alpha value is -4.41. The first-order valence-corrected chi connectivity index (χ1v) is 16.5. The summed E-state index contributed by atoms with van der Waals surface area (Å²) in [6.45, 7) is 8.84. The van der Waals surface area contributed by atoms with Gasteiger partial charge in [0.05, 0.1) is 30.2 Å². The third-order valence-electron chi connectivity index (χ3n) is 10.0. The van der Waals surface area contributed by atoms with E-state index in [0.29, 0.717) is 42.2 Å². The number of hydrogen-bond acceptors (Lipinski definition) is 7. The summed E-state index contributed by atoms with van der Waals surface area (Å²) in [4.78, 5) is 46.7. The van der Waals surface area contributed by atoms with E-state index in [1.807, 2.05) is 49.5 Å². The number of aliphatic carboxylic acids is 1. The third kappa shape index (κ3) is 6.19. The summed E-state index contributed by atoms with van der Waals surface area (Å²) in [5.74, 6) is -1.38. The number of amides is 2. The maximum atomic E-state index is 13.9. The fourth-order valence-electron chi connectivity index (χ4n) is 7.02. The first kappa shape index (κ1) is 32.5. The summed E-state index contributed by atoms with van der Waals surface area (Å²) in [6, 6.07) is 7.61. The number of aromatic nitrogens is 3. The van der Waals surface area contributed by atoms with Gasteiger partial charge in [-0.25, -0.2) is 14.5 Å². The highest BCUT2D eigenvalue weighted by molar-refractivity contribution is 5.94. The second-order valence-corrected chi connectivity index (χ2v) is 14.3. The number of carboxylic acids is 1. The maximum absolute atomic E-state index is 13.9. The molecule has 0 saturated heterocycles. The van der Waals surface area contributed by atoms with Gasteiger partial charge in [-0.3, -0.25) is 9.59 Å². The first-order chi connectivity index (χ1) is 22.3. The Balaban J connectivity index is 1.35. The molecule has 0 unspecified atom stereocenters. The lowest BCUT2D eigenvalue weighted by Crippen LogP contribution is -2.49. The molecular formula is C36H45N5O6. The van der Waals surface area contributed by atoms with E-state index in [4.69, 9.17) is 19.6 Å². The highest BCUT2D eigenvalue weighted by atomic mass is 16.5. The monoisotopic (exact) mass is 643 g/mol. The van der Waals surface area contributed by atoms with Crippen molar-refractivity contribution in [2.45, 2.75) is 83.3 Å². The fourth-order valence-corrected chi connectivity index (χ4v) is 7.02. The summed E-state index contributed by atoms with van der Waals surface area (Å²) in [6.07, 6.45) is 8.78. The van der Waals surface area contributed by atoms with Gasteiger partial charge in [0.15, 0.2) is 5.82 Å². The van der Waals surface area contributed by atoms with Crippen LogP contribution in [0.4, 0.5) is 0 Å². The predicted octanol–water partition coefficient (Wildman–Crippen LogP) is 4.97. The van der Waals surface area contributed by atoms with Crippen molar-refractivity contribution in [3.63, 3.8) is 0 Å². The lowest BCUT2D eigenvalue weighted by atomic mass is 9.93. The molecule has 6 rings (SSSR count). The molecule has 250 valence electrons. The molecule has 2 fully saturated rings. The maximum Gasteiger partial charge on any atom is 0.330 e. The zero-order valence-electron chi connectivity index (χ0n) is 28.1. The van der Waals surface area contributed by atoms with Crippen molar-refractivity contribution in [3.05, 3.63) is 53.9 Å². The normalized spacial score (nSPS) is 26.7. The highest BCUT2D eigenvalue weighted by Crippen LogP contribution is 2.47. The number of carbonyl (C=O) groups is 3. The molecule has 3 heterocycles. The number of fused-ring (bicyclic) bond motifs is 3. The standard InChI is InChI=1S/C36H45N5O6/c1-21-27(46-6)13-12-24-28(19-30(37-31(21)24)41-16-14-29(39-41)35(2,3)4)47-23-17-25-26(18-23)33(43)40(5)15-10-8-7-9-11-22-20-36(22,34(44)45)38-32(25)42/h9,11-14,16,19,22-23,25-26H,7-8,10,15,17-18,20H2,1-6H3,(H,38,42)(H,44,45)/t22-,23-,25-,26-,36-/m1/s1. The zero-order valence-corrected chi connectivity index (χ0v) is 28.1. The van der Waals surface area contributed by atoms with Gasteiger partial charge in [0, 0.05) is 48.1 Å². The van der Waals surface area contributed by atoms with Gasteiger partial charge in [-0.2, -0.15) is 5.10 Å². The van der Waals surface area contributed by atoms with Crippen LogP contribution < -0.4 is 14.8 Å². The molecule has 2 aliphatic carbocycles. The molecular weight excluding hydrogens is 598 g/mol. The van der Waals surface area contributed by atoms with E-state index in [-0.39, 0.29) is 23.7 Å². The van der Waals surface area contributed by atoms with Crippen LogP contribution in [-0.4, -0.2) is 74.9 Å². The van der Waals surface area contributed by atoms with Crippen LogP contribution in [0.2, 0.25) is 0 Å². The Bertz CT molecular complexity index is 1740. The summed E-state index contributed by atoms with van der Waals surface area (Å²) in [5.41, 5.74) is 0.983. The largest absolute Gasteiger partial charge is 0.496 e. The van der Waals surface area contributed by atoms with Crippen LogP contribution in [0.25, 0.3) is 16.7 Å². The number of nitrogens with zero attached hydrogens (tertiary/aromatic N) is 4. The minimum absolute atomic E-state index is 0.118. The van der Waals surface area contributed by atoms with E-state index >= 15 is 0 Å². The molecule has 2 aromatic heterocycles. The van der Waals surface area contributed by atoms with Crippen LogP contribution in [0, 0.1) is 24.7 Å². The molecule has 11 heteroatoms. The van der Waals surface area contributed by atoms with E-state index in [2.05, 4.69) is 26.1 Å². The van der Waals surface area contributed by atoms with Gasteiger partial charge in [-0.05, 0) is 63.6 Å². The van der Waals surface area contributed by atoms with Gasteiger partial charge in [-0.1, -0.05) is 32.9 Å². The average Bonchev–Trinajstić information content (AvgIpc) is 3.33. The topological polar surface area (TPSA) is 136 Å². The quantitative estimate of drug-likeness (QED) is 0.372. The van der Waals surface area contributed by atoms with Crippen molar-refractivity contribution in [2.75, 3.05) is 20.7 Å². The number of methoxy groups -OCH3 is 1. The number of nitrogens with one attached hydrogen (secondary N) is 1. The Kier molecular flexibility index (Phi) is 8.52. The number of rotatable bonds is 5. The summed E-state index contributed by atoms with van der Waals surface area (Å²) >= 11 is 0. The molecule has 0 bridgehead atoms. The molecule has 0 radical (unpaired) electrons. The highest BCUT2D eigenvalue weighted by Gasteiger charge is 2.61. The molecule has 2 N–H and O–H groups in total. The Morgan fingerprint density at radius 3 is 2.57 bits per heavy atom. The number of carbonyl (C=O) groups excluding carboxylic acids is 2. The number of benzene rings is 1. The first-order valence-electron chi connectivity index (χ1n) is 16.5. The lowest BCUT2D eigenvalue weighted by molar-refractivity contribution is -0.145. The van der Waals surface area contributed by atoms with Crippen LogP contribution >= 0.6 is 0 Å². The van der Waals surface area contributed by atoms with E-state index in [0.717, 1.165) is 35.9 Å². The SMILES string of the molecule is COc1ccc2c(O[C@@H]3C[C@H]4C(=O)N[C@]5(C(=O)O)C[C@H]5C=CCCCCN(C)C(=O)[C@@H]4C3)cc(-n3ccc(C(C)(C)C)n3)nc2c1C. The minimum atomic E-state index is -1.33. The van der Waals surface area contributed by atoms with E-state index in [1.165, 1.54) is 0 Å². The Labute approximate surface area is 275 Å². The van der Waals surface area contributed by atoms with Crippen molar-refractivity contribution in [3.8, 4) is 17.3 Å². The molecule has 5 atom stereocenters. The second-order valence-electron chi connectivity index (χ2n) is 14.3. The smallest absolute Gasteiger partial charge is 0.330 e. The Morgan fingerprint density at radius 2 is 1.87 bits per heavy atom. The van der Waals surface area contributed by atoms with Crippen molar-refractivity contribution < 1.29 is 29.0 Å². The van der Waals surface area contributed by atoms with Crippen LogP contribution in [0.5, 0.6) is 11.5 Å². The number of carboxylic acid groups (broad SMARTS) is 1. The molecule has 3 aromatic rings. The van der Waals surface area contributed by atoms with E-state index < -0.39 is 35.4 Å². The average molecular weight is 644 g/mol. The Morgan fingerprint density at radius 1 is 1.11 bits per heavy atom. The molecule has 47 heavy (non-hydrogen) atoms. The van der Waals surface area contributed by atoms with Gasteiger partial charge in [0.1, 0.15) is 23.1 Å². The summed E-state index contributed by atoms with van der Waals surface area (Å²) < 4.78 is 14.1. The number of allylic oxidation sites excluding steroid dienone is 1. The van der Waals surface area contributed by atoms with Crippen LogP contribution in [0.15, 0.2) is 42.6 Å². The van der Waals surface area contributed by atoms with Crippen LogP contribution in [0.3, 0.4) is 0 Å². The van der Waals surface area contributed by atoms with Gasteiger partial charge < -0.3 is 24.8 Å². The fraction of sp³-hybridized carbons (Fsp3) is 0.528. The lowest BCUT2D eigenvalue weighted by Gasteiger charge is -2.26. The van der Waals surface area contributed by atoms with Crippen molar-refractivity contribution in [2.24, 2.45) is 17.8 Å². The van der Waals surface area contributed by atoms with Crippen molar-refractivity contribution in [1.29, 1.82) is 0 Å². The van der Waals surface area contributed by atoms with Crippen molar-refractivity contribution in [1.82, 2.24) is 25.0 Å². The van der Waals surface area contributed by atoms with Gasteiger partial charge in [-0.15, -0.1) is 0 Å². The van der Waals surface area contributed by atoms with Gasteiger partial charge in [0.2, 0.25) is 11.8 Å². The molecule has 11 nitrogen and oxygen atoms in total. The second kappa shape index (κ2) is 12.3. The minimum Gasteiger partial charge on any atom is -0.496 e. The predicted molar refractivity (Wildman–Crippen MR) is 177 cm³/mol. The molecule has 3 aliphatic rings. The molecule has 0 spiro atoms. The number of hydrogen-bond donors (Lipinski definition) is 2. The van der Waals surface area contributed by atoms with Crippen LogP contribution in [0.1, 0.15) is 70.6 Å². The summed E-state index contributed by atoms with van der Waals surface area (Å²) in [7, 11) is 3.40. The molecule has 2 saturated carbocycles. The molecule has 1 aliphatic heterocycles. The number of pyridine rings is 1. The number of aryl methyl sites for hydroxylation is 1. The molecule has 1 aromatic carbocycles. The number of ether oxygens (including phenoxy) is 2. The molecule has 2 amide bonds. The van der Waals surface area contributed by atoms with Gasteiger partial charge >= 0.3 is 5.97 Å². The summed E-state index contributed by atoms with van der Waals surface area (Å²) in [5, 5.41) is 18.5. The van der Waals surface area contributed by atoms with Crippen molar-refractivity contribution >= 4 is 28.7 Å². The zero-order chi connectivity index (χ0) is 33.7. The third-order valence-corrected chi connectivity index (χ3v) is 10.0. The van der Waals surface area contributed by atoms with Crippen LogP contribution in [-0.2, 0) is 19.8 Å².